The van der Waals surface area contributed by atoms with E-state index in [1.807, 2.05) is 54.6 Å². The van der Waals surface area contributed by atoms with Gasteiger partial charge in [0, 0.05) is 24.3 Å². The first-order chi connectivity index (χ1) is 17.6. The fourth-order valence-electron chi connectivity index (χ4n) is 4.84. The van der Waals surface area contributed by atoms with E-state index in [0.29, 0.717) is 17.8 Å². The minimum Gasteiger partial charge on any atom is -0.485 e. The van der Waals surface area contributed by atoms with Gasteiger partial charge in [0.2, 0.25) is 0 Å². The Morgan fingerprint density at radius 3 is 2.64 bits per heavy atom. The second-order valence-corrected chi connectivity index (χ2v) is 9.18. The Balaban J connectivity index is 1.42. The fourth-order valence-corrected chi connectivity index (χ4v) is 4.84. The summed E-state index contributed by atoms with van der Waals surface area (Å²) >= 11 is 0. The van der Waals surface area contributed by atoms with Crippen LogP contribution >= 0.6 is 0 Å². The zero-order chi connectivity index (χ0) is 24.9. The van der Waals surface area contributed by atoms with Crippen LogP contribution in [0.5, 0.6) is 0 Å². The molecule has 0 spiro atoms. The summed E-state index contributed by atoms with van der Waals surface area (Å²) < 4.78 is 6.28. The van der Waals surface area contributed by atoms with Gasteiger partial charge in [-0.05, 0) is 78.4 Å². The number of anilines is 2. The highest BCUT2D eigenvalue weighted by Gasteiger charge is 2.23. The first-order valence-electron chi connectivity index (χ1n) is 12.2. The molecule has 4 heteroatoms. The predicted molar refractivity (Wildman–Crippen MR) is 144 cm³/mol. The molecule has 0 N–H and O–H groups in total. The first-order valence-corrected chi connectivity index (χ1v) is 12.2. The molecule has 3 aromatic rings. The largest absolute Gasteiger partial charge is 0.485 e. The average Bonchev–Trinajstić information content (AvgIpc) is 2.93. The lowest BCUT2D eigenvalue weighted by Gasteiger charge is -2.31. The number of fused-ring (bicyclic) bond motifs is 1. The van der Waals surface area contributed by atoms with Gasteiger partial charge >= 0.3 is 0 Å². The van der Waals surface area contributed by atoms with Crippen LogP contribution in [-0.2, 0) is 11.2 Å². The van der Waals surface area contributed by atoms with Gasteiger partial charge < -0.3 is 9.64 Å². The third-order valence-corrected chi connectivity index (χ3v) is 6.70. The zero-order valence-electron chi connectivity index (χ0n) is 20.3. The zero-order valence-corrected chi connectivity index (χ0v) is 20.3. The lowest BCUT2D eigenvalue weighted by atomic mass is 9.96. The van der Waals surface area contributed by atoms with Gasteiger partial charge in [0.1, 0.15) is 11.9 Å². The van der Waals surface area contributed by atoms with Crippen molar-refractivity contribution in [1.29, 1.82) is 5.26 Å². The molecule has 176 valence electrons. The maximum atomic E-state index is 9.45. The topological polar surface area (TPSA) is 40.6 Å². The molecule has 0 saturated heterocycles. The number of nitrogens with zero attached hydrogens (tertiary/aromatic N) is 3. The Morgan fingerprint density at radius 1 is 1.08 bits per heavy atom. The van der Waals surface area contributed by atoms with E-state index < -0.39 is 0 Å². The van der Waals surface area contributed by atoms with Gasteiger partial charge in [-0.25, -0.2) is 10.1 Å². The number of allylic oxidation sites excluding steroid dienone is 3. The summed E-state index contributed by atoms with van der Waals surface area (Å²) in [7, 11) is 0. The van der Waals surface area contributed by atoms with Crippen LogP contribution in [0, 0.1) is 24.8 Å². The Labute approximate surface area is 212 Å². The Hall–Kier alpha value is -4.54. The molecule has 4 nitrogen and oxygen atoms in total. The van der Waals surface area contributed by atoms with Gasteiger partial charge in [0.25, 0.3) is 5.70 Å². The lowest BCUT2D eigenvalue weighted by molar-refractivity contribution is 0.118. The quantitative estimate of drug-likeness (QED) is 0.289. The minimum absolute atomic E-state index is 0.120. The van der Waals surface area contributed by atoms with Gasteiger partial charge in [-0.3, -0.25) is 0 Å². The van der Waals surface area contributed by atoms with Gasteiger partial charge in [-0.2, -0.15) is 0 Å². The molecular weight excluding hydrogens is 442 g/mol. The van der Waals surface area contributed by atoms with Gasteiger partial charge in [0.05, 0.1) is 12.6 Å². The van der Waals surface area contributed by atoms with Crippen molar-refractivity contribution in [3.8, 4) is 6.07 Å². The summed E-state index contributed by atoms with van der Waals surface area (Å²) in [6, 6.07) is 27.3. The Bertz CT molecular complexity index is 1420. The third-order valence-electron chi connectivity index (χ3n) is 6.70. The molecule has 0 bridgehead atoms. The number of benzene rings is 3. The van der Waals surface area contributed by atoms with Gasteiger partial charge in [-0.1, -0.05) is 60.2 Å². The highest BCUT2D eigenvalue weighted by Crippen LogP contribution is 2.36. The number of nitriles is 1. The van der Waals surface area contributed by atoms with Crippen molar-refractivity contribution in [3.63, 3.8) is 0 Å². The van der Waals surface area contributed by atoms with Crippen molar-refractivity contribution in [3.05, 3.63) is 136 Å². The number of aryl methyl sites for hydroxylation is 2. The summed E-state index contributed by atoms with van der Waals surface area (Å²) in [4.78, 5) is 5.83. The molecule has 5 rings (SSSR count). The van der Waals surface area contributed by atoms with Crippen molar-refractivity contribution >= 4 is 17.5 Å². The number of ether oxygens (including phenoxy) is 1. The Morgan fingerprint density at radius 2 is 1.89 bits per heavy atom. The van der Waals surface area contributed by atoms with E-state index in [2.05, 4.69) is 59.1 Å². The molecule has 2 aliphatic heterocycles. The van der Waals surface area contributed by atoms with Crippen LogP contribution in [0.25, 0.3) is 10.9 Å². The molecule has 3 aromatic carbocycles. The van der Waals surface area contributed by atoms with E-state index in [1.165, 1.54) is 22.5 Å². The molecular formula is C32H27N3O. The molecule has 0 aromatic heterocycles. The van der Waals surface area contributed by atoms with Gasteiger partial charge in [0.15, 0.2) is 0 Å². The van der Waals surface area contributed by atoms with E-state index in [-0.39, 0.29) is 11.8 Å². The van der Waals surface area contributed by atoms with E-state index in [0.717, 1.165) is 30.5 Å². The van der Waals surface area contributed by atoms with Crippen LogP contribution < -0.4 is 4.90 Å². The molecule has 36 heavy (non-hydrogen) atoms. The third kappa shape index (κ3) is 4.95. The highest BCUT2D eigenvalue weighted by atomic mass is 16.5. The number of hydrogen-bond acceptors (Lipinski definition) is 3. The SMILES string of the molecule is [C-]#[N+]C(C#N)=C1C=C(C=Cc2ccc3c(c2)CCCN3c2ccc(C)cc2)OC(c2ccccc2)C1. The summed E-state index contributed by atoms with van der Waals surface area (Å²) in [5, 5.41) is 9.45. The Kier molecular flexibility index (Phi) is 6.69. The fraction of sp³-hybridized carbons (Fsp3) is 0.188. The lowest BCUT2D eigenvalue weighted by Crippen LogP contribution is -2.24. The second kappa shape index (κ2) is 10.4. The number of hydrogen-bond donors (Lipinski definition) is 0. The molecule has 0 radical (unpaired) electrons. The molecule has 1 atom stereocenters. The van der Waals surface area contributed by atoms with Crippen LogP contribution in [0.4, 0.5) is 11.4 Å². The maximum absolute atomic E-state index is 9.45. The second-order valence-electron chi connectivity index (χ2n) is 9.18. The molecule has 0 amide bonds. The monoisotopic (exact) mass is 469 g/mol. The number of rotatable bonds is 4. The van der Waals surface area contributed by atoms with E-state index in [1.54, 1.807) is 0 Å². The highest BCUT2D eigenvalue weighted by molar-refractivity contribution is 5.70. The molecule has 0 aliphatic carbocycles. The van der Waals surface area contributed by atoms with E-state index >= 15 is 0 Å². The van der Waals surface area contributed by atoms with Crippen molar-refractivity contribution in [1.82, 2.24) is 0 Å². The smallest absolute Gasteiger partial charge is 0.265 e. The van der Waals surface area contributed by atoms with Crippen molar-refractivity contribution < 1.29 is 4.74 Å². The molecule has 0 saturated carbocycles. The van der Waals surface area contributed by atoms with Crippen LogP contribution in [0.1, 0.15) is 41.2 Å². The summed E-state index contributed by atoms with van der Waals surface area (Å²) in [6.07, 6.45) is 8.25. The summed E-state index contributed by atoms with van der Waals surface area (Å²) in [5.74, 6) is 0.653. The first kappa shape index (κ1) is 23.2. The van der Waals surface area contributed by atoms with Crippen LogP contribution in [-0.4, -0.2) is 6.54 Å². The van der Waals surface area contributed by atoms with Crippen molar-refractivity contribution in [2.75, 3.05) is 11.4 Å². The van der Waals surface area contributed by atoms with Crippen LogP contribution in [0.2, 0.25) is 0 Å². The van der Waals surface area contributed by atoms with Gasteiger partial charge in [-0.15, -0.1) is 0 Å². The van der Waals surface area contributed by atoms with Crippen molar-refractivity contribution in [2.24, 2.45) is 0 Å². The minimum atomic E-state index is -0.234. The summed E-state index contributed by atoms with van der Waals surface area (Å²) in [6.45, 7) is 10.5. The standard InChI is InChI=1S/C32H27N3O/c1-23-10-14-28(15-11-23)35-18-6-9-26-19-24(13-17-31(26)35)12-16-29-20-27(30(22-33)34-2)21-32(36-29)25-7-4-3-5-8-25/h3-5,7-8,10-17,19-20,32H,6,9,18,21H2,1H3. The average molecular weight is 470 g/mol. The van der Waals surface area contributed by atoms with Crippen LogP contribution in [0.3, 0.4) is 0 Å². The van der Waals surface area contributed by atoms with E-state index in [4.69, 9.17) is 11.3 Å². The molecule has 2 heterocycles. The van der Waals surface area contributed by atoms with Crippen molar-refractivity contribution in [2.45, 2.75) is 32.3 Å². The summed E-state index contributed by atoms with van der Waals surface area (Å²) in [5.41, 5.74) is 8.06. The maximum Gasteiger partial charge on any atom is 0.265 e. The predicted octanol–water partition coefficient (Wildman–Crippen LogP) is 7.83. The normalized spacial score (nSPS) is 18.5. The molecule has 0 fully saturated rings. The molecule has 1 unspecified atom stereocenters. The van der Waals surface area contributed by atoms with E-state index in [9.17, 15) is 5.26 Å². The molecule has 2 aliphatic rings. The van der Waals surface area contributed by atoms with Crippen LogP contribution in [0.15, 0.2) is 102 Å².